The van der Waals surface area contributed by atoms with E-state index in [0.717, 1.165) is 0 Å². The van der Waals surface area contributed by atoms with E-state index in [9.17, 15) is 19.1 Å². The Morgan fingerprint density at radius 3 is 2.36 bits per heavy atom. The summed E-state index contributed by atoms with van der Waals surface area (Å²) in [5, 5.41) is 12.2. The lowest BCUT2D eigenvalue weighted by Crippen LogP contribution is -2.23. The predicted octanol–water partition coefficient (Wildman–Crippen LogP) is 2.04. The first kappa shape index (κ1) is 15.7. The number of benzene rings is 2. The maximum absolute atomic E-state index is 12.7. The number of hydrogen-bond donors (Lipinski definition) is 2. The van der Waals surface area contributed by atoms with Gasteiger partial charge in [-0.05, 0) is 29.8 Å². The number of halogens is 1. The lowest BCUT2D eigenvalue weighted by atomic mass is 10.1. The number of ether oxygens (including phenoxy) is 1. The second-order valence-electron chi connectivity index (χ2n) is 4.48. The Balaban J connectivity index is 1.83. The fraction of sp³-hybridized carbons (Fsp3) is 0.125. The quantitative estimate of drug-likeness (QED) is 0.829. The summed E-state index contributed by atoms with van der Waals surface area (Å²) in [6, 6.07) is 13.4. The largest absolute Gasteiger partial charge is 0.453 e. The van der Waals surface area contributed by atoms with Gasteiger partial charge in [-0.3, -0.25) is 4.79 Å². The van der Waals surface area contributed by atoms with Crippen LogP contribution in [0.2, 0.25) is 0 Å². The first-order valence-corrected chi connectivity index (χ1v) is 6.51. The Bertz CT molecular complexity index is 643. The molecule has 0 bridgehead atoms. The van der Waals surface area contributed by atoms with Crippen LogP contribution in [0.25, 0.3) is 0 Å². The number of carbonyl (C=O) groups excluding carboxylic acids is 2. The highest BCUT2D eigenvalue weighted by atomic mass is 19.1. The third-order valence-corrected chi connectivity index (χ3v) is 2.81. The molecule has 0 aromatic heterocycles. The first-order valence-electron chi connectivity index (χ1n) is 6.51. The van der Waals surface area contributed by atoms with Crippen molar-refractivity contribution in [2.75, 3.05) is 11.9 Å². The van der Waals surface area contributed by atoms with Gasteiger partial charge in [-0.25, -0.2) is 9.18 Å². The van der Waals surface area contributed by atoms with Gasteiger partial charge in [0.2, 0.25) is 0 Å². The molecule has 0 spiro atoms. The van der Waals surface area contributed by atoms with Crippen molar-refractivity contribution in [3.05, 3.63) is 66.0 Å². The van der Waals surface area contributed by atoms with Gasteiger partial charge in [-0.2, -0.15) is 0 Å². The van der Waals surface area contributed by atoms with Crippen LogP contribution >= 0.6 is 0 Å². The molecule has 114 valence electrons. The van der Waals surface area contributed by atoms with Crippen LogP contribution in [-0.2, 0) is 14.3 Å². The molecule has 1 atom stereocenters. The molecule has 2 N–H and O–H groups in total. The van der Waals surface area contributed by atoms with Crippen molar-refractivity contribution in [2.45, 2.75) is 6.10 Å². The zero-order valence-electron chi connectivity index (χ0n) is 11.5. The molecule has 0 aliphatic carbocycles. The molecule has 5 nitrogen and oxygen atoms in total. The Morgan fingerprint density at radius 1 is 1.09 bits per heavy atom. The van der Waals surface area contributed by atoms with Gasteiger partial charge in [0.05, 0.1) is 0 Å². The van der Waals surface area contributed by atoms with Gasteiger partial charge >= 0.3 is 5.97 Å². The minimum atomic E-state index is -1.44. The lowest BCUT2D eigenvalue weighted by Gasteiger charge is -2.11. The van der Waals surface area contributed by atoms with Crippen molar-refractivity contribution in [3.63, 3.8) is 0 Å². The molecule has 2 aromatic rings. The second kappa shape index (κ2) is 7.33. The molecular weight excluding hydrogens is 289 g/mol. The summed E-state index contributed by atoms with van der Waals surface area (Å²) in [4.78, 5) is 23.2. The number of amides is 1. The highest BCUT2D eigenvalue weighted by molar-refractivity contribution is 5.93. The Labute approximate surface area is 126 Å². The molecule has 6 heteroatoms. The molecule has 22 heavy (non-hydrogen) atoms. The molecular formula is C16H14FNO4. The smallest absolute Gasteiger partial charge is 0.340 e. The summed E-state index contributed by atoms with van der Waals surface area (Å²) in [5.74, 6) is -1.92. The maximum atomic E-state index is 12.7. The summed E-state index contributed by atoms with van der Waals surface area (Å²) in [7, 11) is 0. The number of aliphatic hydroxyl groups excluding tert-OH is 1. The van der Waals surface area contributed by atoms with Gasteiger partial charge in [-0.1, -0.05) is 30.3 Å². The standard InChI is InChI=1S/C16H14FNO4/c17-12-6-8-13(9-7-12)18-14(19)10-22-16(21)15(20)11-4-2-1-3-5-11/h1-9,15,20H,10H2,(H,18,19)/t15-/m0/s1. The monoisotopic (exact) mass is 303 g/mol. The number of hydrogen-bond acceptors (Lipinski definition) is 4. The molecule has 0 heterocycles. The number of aliphatic hydroxyl groups is 1. The van der Waals surface area contributed by atoms with Crippen LogP contribution in [0.3, 0.4) is 0 Å². The number of rotatable bonds is 5. The number of carbonyl (C=O) groups is 2. The third-order valence-electron chi connectivity index (χ3n) is 2.81. The van der Waals surface area contributed by atoms with E-state index >= 15 is 0 Å². The van der Waals surface area contributed by atoms with E-state index in [1.54, 1.807) is 30.3 Å². The van der Waals surface area contributed by atoms with Crippen molar-refractivity contribution in [2.24, 2.45) is 0 Å². The molecule has 0 aliphatic rings. The maximum Gasteiger partial charge on any atom is 0.340 e. The summed E-state index contributed by atoms with van der Waals surface area (Å²) in [6.07, 6.45) is -1.44. The van der Waals surface area contributed by atoms with Crippen LogP contribution in [-0.4, -0.2) is 23.6 Å². The highest BCUT2D eigenvalue weighted by Crippen LogP contribution is 2.13. The minimum absolute atomic E-state index is 0.381. The Morgan fingerprint density at radius 2 is 1.73 bits per heavy atom. The van der Waals surface area contributed by atoms with Crippen molar-refractivity contribution in [3.8, 4) is 0 Å². The molecule has 2 aromatic carbocycles. The normalized spacial score (nSPS) is 11.5. The van der Waals surface area contributed by atoms with E-state index in [1.165, 1.54) is 24.3 Å². The summed E-state index contributed by atoms with van der Waals surface area (Å²) in [5.41, 5.74) is 0.762. The lowest BCUT2D eigenvalue weighted by molar-refractivity contribution is -0.156. The van der Waals surface area contributed by atoms with Gasteiger partial charge in [0, 0.05) is 5.69 Å². The molecule has 1 amide bonds. The number of esters is 1. The van der Waals surface area contributed by atoms with E-state index in [1.807, 2.05) is 0 Å². The zero-order chi connectivity index (χ0) is 15.9. The fourth-order valence-corrected chi connectivity index (χ4v) is 1.72. The molecule has 0 fully saturated rings. The van der Waals surface area contributed by atoms with Gasteiger partial charge in [-0.15, -0.1) is 0 Å². The topological polar surface area (TPSA) is 75.6 Å². The van der Waals surface area contributed by atoms with E-state index < -0.39 is 30.4 Å². The van der Waals surface area contributed by atoms with Crippen LogP contribution in [0.1, 0.15) is 11.7 Å². The average molecular weight is 303 g/mol. The molecule has 0 aliphatic heterocycles. The van der Waals surface area contributed by atoms with Crippen molar-refractivity contribution in [1.29, 1.82) is 0 Å². The minimum Gasteiger partial charge on any atom is -0.453 e. The van der Waals surface area contributed by atoms with Crippen molar-refractivity contribution < 1.29 is 23.8 Å². The van der Waals surface area contributed by atoms with Crippen molar-refractivity contribution in [1.82, 2.24) is 0 Å². The van der Waals surface area contributed by atoms with Crippen LogP contribution in [0.4, 0.5) is 10.1 Å². The third kappa shape index (κ3) is 4.39. The number of nitrogens with one attached hydrogen (secondary N) is 1. The van der Waals surface area contributed by atoms with Gasteiger partial charge < -0.3 is 15.2 Å². The zero-order valence-corrected chi connectivity index (χ0v) is 11.5. The average Bonchev–Trinajstić information content (AvgIpc) is 2.55. The van der Waals surface area contributed by atoms with Gasteiger partial charge in [0.15, 0.2) is 12.7 Å². The predicted molar refractivity (Wildman–Crippen MR) is 77.4 cm³/mol. The first-order chi connectivity index (χ1) is 10.6. The van der Waals surface area contributed by atoms with Crippen LogP contribution in [0.15, 0.2) is 54.6 Å². The van der Waals surface area contributed by atoms with E-state index in [-0.39, 0.29) is 0 Å². The van der Waals surface area contributed by atoms with E-state index in [2.05, 4.69) is 5.32 Å². The van der Waals surface area contributed by atoms with E-state index in [0.29, 0.717) is 11.3 Å². The molecule has 0 saturated carbocycles. The number of anilines is 1. The molecule has 0 radical (unpaired) electrons. The Kier molecular flexibility index (Phi) is 5.21. The van der Waals surface area contributed by atoms with Gasteiger partial charge in [0.25, 0.3) is 5.91 Å². The second-order valence-corrected chi connectivity index (χ2v) is 4.48. The summed E-state index contributed by atoms with van der Waals surface area (Å²) < 4.78 is 17.5. The van der Waals surface area contributed by atoms with Gasteiger partial charge in [0.1, 0.15) is 5.82 Å². The summed E-state index contributed by atoms with van der Waals surface area (Å²) >= 11 is 0. The molecule has 0 unspecified atom stereocenters. The van der Waals surface area contributed by atoms with Crippen LogP contribution < -0.4 is 5.32 Å². The van der Waals surface area contributed by atoms with Crippen molar-refractivity contribution >= 4 is 17.6 Å². The van der Waals surface area contributed by atoms with Crippen LogP contribution in [0, 0.1) is 5.82 Å². The molecule has 2 rings (SSSR count). The Hall–Kier alpha value is -2.73. The summed E-state index contributed by atoms with van der Waals surface area (Å²) in [6.45, 7) is -0.542. The fourth-order valence-electron chi connectivity index (χ4n) is 1.72. The van der Waals surface area contributed by atoms with Crippen LogP contribution in [0.5, 0.6) is 0 Å². The SMILES string of the molecule is O=C(COC(=O)[C@@H](O)c1ccccc1)Nc1ccc(F)cc1. The van der Waals surface area contributed by atoms with E-state index in [4.69, 9.17) is 4.74 Å². The molecule has 0 saturated heterocycles. The highest BCUT2D eigenvalue weighted by Gasteiger charge is 2.19.